The van der Waals surface area contributed by atoms with Crippen LogP contribution in [0.15, 0.2) is 55.2 Å². The van der Waals surface area contributed by atoms with Gasteiger partial charge in [-0.2, -0.15) is 5.10 Å². The molecule has 214 valence electrons. The molecular weight excluding hydrogens is 538 g/mol. The molecule has 1 atom stereocenters. The second-order valence-electron chi connectivity index (χ2n) is 10.9. The number of fused-ring (bicyclic) bond motifs is 2. The molecular formula is C30H30F2N10. The molecule has 6 rings (SSSR count). The molecule has 0 spiro atoms. The first-order valence-electron chi connectivity index (χ1n) is 13.5. The van der Waals surface area contributed by atoms with Crippen molar-refractivity contribution in [2.45, 2.75) is 25.9 Å². The summed E-state index contributed by atoms with van der Waals surface area (Å²) in [6.45, 7) is 4.58. The van der Waals surface area contributed by atoms with Crippen LogP contribution in [0.5, 0.6) is 0 Å². The van der Waals surface area contributed by atoms with Gasteiger partial charge in [0.05, 0.1) is 40.0 Å². The molecule has 1 unspecified atom stereocenters. The number of hydrogen-bond donors (Lipinski definition) is 4. The monoisotopic (exact) mass is 568 g/mol. The lowest BCUT2D eigenvalue weighted by Crippen LogP contribution is -2.26. The SMILES string of the molecule is CC(C)Nc1cncc(-c2ncc3[nH]nc(-c4nc5c(-c6cc(F)cc(C(N)CN(C)C)c6)cncc5[nH]4)c3c2F)c1. The molecule has 0 amide bonds. The number of imidazole rings is 1. The van der Waals surface area contributed by atoms with Crippen LogP contribution in [-0.4, -0.2) is 66.7 Å². The van der Waals surface area contributed by atoms with Crippen molar-refractivity contribution in [3.8, 4) is 33.9 Å². The number of aromatic nitrogens is 7. The van der Waals surface area contributed by atoms with Crippen molar-refractivity contribution >= 4 is 27.6 Å². The van der Waals surface area contributed by atoms with E-state index in [2.05, 4.69) is 35.5 Å². The fourth-order valence-electron chi connectivity index (χ4n) is 5.07. The van der Waals surface area contributed by atoms with Crippen molar-refractivity contribution in [1.82, 2.24) is 40.0 Å². The number of nitrogens with one attached hydrogen (secondary N) is 3. The smallest absolute Gasteiger partial charge is 0.161 e. The lowest BCUT2D eigenvalue weighted by atomic mass is 9.99. The van der Waals surface area contributed by atoms with Crippen LogP contribution in [0.3, 0.4) is 0 Å². The Morgan fingerprint density at radius 2 is 1.74 bits per heavy atom. The minimum absolute atomic E-state index is 0.143. The average Bonchev–Trinajstić information content (AvgIpc) is 3.57. The van der Waals surface area contributed by atoms with Crippen molar-refractivity contribution in [3.05, 3.63) is 72.4 Å². The van der Waals surface area contributed by atoms with Gasteiger partial charge >= 0.3 is 0 Å². The van der Waals surface area contributed by atoms with Gasteiger partial charge < -0.3 is 20.9 Å². The van der Waals surface area contributed by atoms with Crippen molar-refractivity contribution in [1.29, 1.82) is 0 Å². The van der Waals surface area contributed by atoms with Crippen molar-refractivity contribution < 1.29 is 8.78 Å². The first-order chi connectivity index (χ1) is 20.2. The highest BCUT2D eigenvalue weighted by Gasteiger charge is 2.22. The lowest BCUT2D eigenvalue weighted by Gasteiger charge is -2.18. The average molecular weight is 569 g/mol. The summed E-state index contributed by atoms with van der Waals surface area (Å²) in [4.78, 5) is 22.9. The van der Waals surface area contributed by atoms with E-state index < -0.39 is 11.6 Å². The normalized spacial score (nSPS) is 12.6. The highest BCUT2D eigenvalue weighted by molar-refractivity contribution is 5.97. The number of anilines is 1. The summed E-state index contributed by atoms with van der Waals surface area (Å²) in [5.41, 5.74) is 11.5. The molecule has 5 N–H and O–H groups in total. The number of H-pyrrole nitrogens is 2. The Labute approximate surface area is 240 Å². The third-order valence-electron chi connectivity index (χ3n) is 6.85. The molecule has 42 heavy (non-hydrogen) atoms. The quantitative estimate of drug-likeness (QED) is 0.195. The summed E-state index contributed by atoms with van der Waals surface area (Å²) in [6.07, 6.45) is 8.03. The maximum absolute atomic E-state index is 16.1. The molecule has 0 bridgehead atoms. The van der Waals surface area contributed by atoms with E-state index in [1.165, 1.54) is 18.3 Å². The summed E-state index contributed by atoms with van der Waals surface area (Å²) in [7, 11) is 3.82. The number of pyridine rings is 3. The van der Waals surface area contributed by atoms with Gasteiger partial charge in [0.15, 0.2) is 11.6 Å². The molecule has 0 radical (unpaired) electrons. The van der Waals surface area contributed by atoms with Gasteiger partial charge in [-0.25, -0.2) is 13.8 Å². The molecule has 0 aliphatic carbocycles. The van der Waals surface area contributed by atoms with Gasteiger partial charge in [-0.1, -0.05) is 0 Å². The Morgan fingerprint density at radius 3 is 2.52 bits per heavy atom. The minimum Gasteiger partial charge on any atom is -0.382 e. The summed E-state index contributed by atoms with van der Waals surface area (Å²) >= 11 is 0. The van der Waals surface area contributed by atoms with Crippen molar-refractivity contribution in [2.75, 3.05) is 26.0 Å². The minimum atomic E-state index is -0.553. The largest absolute Gasteiger partial charge is 0.382 e. The second-order valence-corrected chi connectivity index (χ2v) is 10.9. The number of aromatic amines is 2. The Hall–Kier alpha value is -4.81. The maximum Gasteiger partial charge on any atom is 0.161 e. The van der Waals surface area contributed by atoms with Crippen LogP contribution in [0.1, 0.15) is 25.5 Å². The highest BCUT2D eigenvalue weighted by Crippen LogP contribution is 2.35. The van der Waals surface area contributed by atoms with Crippen LogP contribution in [0.25, 0.3) is 55.8 Å². The summed E-state index contributed by atoms with van der Waals surface area (Å²) < 4.78 is 30.8. The predicted molar refractivity (Wildman–Crippen MR) is 160 cm³/mol. The molecule has 12 heteroatoms. The number of nitrogens with two attached hydrogens (primary N) is 1. The zero-order chi connectivity index (χ0) is 29.5. The first-order valence-corrected chi connectivity index (χ1v) is 13.5. The van der Waals surface area contributed by atoms with E-state index in [1.54, 1.807) is 30.9 Å². The standard InChI is InChI=1S/C30H30F2N10/c1-15(2)37-20-8-18(9-34-10-20)27-26(32)25-23(13-36-27)40-41-29(25)30-38-24-12-35-11-21(28(24)39-30)16-5-17(7-19(31)6-16)22(33)14-42(3)4/h5-13,15,22,37H,14,33H2,1-4H3,(H,38,39)(H,40,41). The molecule has 5 aromatic heterocycles. The number of benzene rings is 1. The number of rotatable bonds is 8. The highest BCUT2D eigenvalue weighted by atomic mass is 19.1. The van der Waals surface area contributed by atoms with Gasteiger partial charge in [-0.15, -0.1) is 0 Å². The molecule has 0 fully saturated rings. The van der Waals surface area contributed by atoms with E-state index >= 15 is 4.39 Å². The van der Waals surface area contributed by atoms with Gasteiger partial charge in [-0.3, -0.25) is 20.1 Å². The third kappa shape index (κ3) is 5.17. The van der Waals surface area contributed by atoms with Crippen LogP contribution < -0.4 is 11.1 Å². The molecule has 0 saturated heterocycles. The van der Waals surface area contributed by atoms with Crippen LogP contribution in [0.2, 0.25) is 0 Å². The molecule has 6 aromatic rings. The van der Waals surface area contributed by atoms with Gasteiger partial charge in [0.1, 0.15) is 17.2 Å². The Balaban J connectivity index is 1.44. The zero-order valence-electron chi connectivity index (χ0n) is 23.6. The van der Waals surface area contributed by atoms with Gasteiger partial charge in [-0.05, 0) is 63.3 Å². The van der Waals surface area contributed by atoms with E-state index in [4.69, 9.17) is 10.7 Å². The Morgan fingerprint density at radius 1 is 0.929 bits per heavy atom. The summed E-state index contributed by atoms with van der Waals surface area (Å²) in [5.74, 6) is -0.633. The Bertz CT molecular complexity index is 1910. The van der Waals surface area contributed by atoms with E-state index in [0.29, 0.717) is 51.2 Å². The number of nitrogens with zero attached hydrogens (tertiary/aromatic N) is 6. The first kappa shape index (κ1) is 27.4. The maximum atomic E-state index is 16.1. The third-order valence-corrected chi connectivity index (χ3v) is 6.85. The molecule has 1 aromatic carbocycles. The number of likely N-dealkylation sites (N-methyl/N-ethyl adjacent to an activating group) is 1. The van der Waals surface area contributed by atoms with Gasteiger partial charge in [0.25, 0.3) is 0 Å². The van der Waals surface area contributed by atoms with Crippen LogP contribution in [0.4, 0.5) is 14.5 Å². The van der Waals surface area contributed by atoms with Gasteiger partial charge in [0.2, 0.25) is 0 Å². The van der Waals surface area contributed by atoms with E-state index in [0.717, 1.165) is 5.69 Å². The van der Waals surface area contributed by atoms with Gasteiger partial charge in [0, 0.05) is 48.3 Å². The van der Waals surface area contributed by atoms with Crippen molar-refractivity contribution in [3.63, 3.8) is 0 Å². The second kappa shape index (κ2) is 10.9. The molecule has 10 nitrogen and oxygen atoms in total. The topological polar surface area (TPSA) is 137 Å². The van der Waals surface area contributed by atoms with Crippen LogP contribution >= 0.6 is 0 Å². The zero-order valence-corrected chi connectivity index (χ0v) is 23.6. The Kier molecular flexibility index (Phi) is 7.09. The van der Waals surface area contributed by atoms with Crippen LogP contribution in [0, 0.1) is 11.6 Å². The molecule has 0 aliphatic heterocycles. The lowest BCUT2D eigenvalue weighted by molar-refractivity contribution is 0.376. The number of halogens is 2. The molecule has 0 aliphatic rings. The molecule has 0 saturated carbocycles. The van der Waals surface area contributed by atoms with E-state index in [9.17, 15) is 4.39 Å². The van der Waals surface area contributed by atoms with E-state index in [-0.39, 0.29) is 28.9 Å². The van der Waals surface area contributed by atoms with Crippen molar-refractivity contribution in [2.24, 2.45) is 5.73 Å². The molecule has 5 heterocycles. The number of hydrogen-bond acceptors (Lipinski definition) is 8. The fraction of sp³-hybridized carbons (Fsp3) is 0.233. The summed E-state index contributed by atoms with van der Waals surface area (Å²) in [6, 6.07) is 6.32. The van der Waals surface area contributed by atoms with E-state index in [1.807, 2.05) is 38.9 Å². The van der Waals surface area contributed by atoms with Crippen LogP contribution in [-0.2, 0) is 0 Å². The summed E-state index contributed by atoms with van der Waals surface area (Å²) in [5, 5.41) is 10.7. The fourth-order valence-corrected chi connectivity index (χ4v) is 5.07. The predicted octanol–water partition coefficient (Wildman–Crippen LogP) is 5.29.